The lowest BCUT2D eigenvalue weighted by molar-refractivity contribution is 0.226. The van der Waals surface area contributed by atoms with Crippen LogP contribution < -0.4 is 10.1 Å². The van der Waals surface area contributed by atoms with Crippen LogP contribution >= 0.6 is 0 Å². The van der Waals surface area contributed by atoms with E-state index in [0.29, 0.717) is 0 Å². The molecule has 1 saturated heterocycles. The Balaban J connectivity index is 1.66. The molecule has 0 bridgehead atoms. The van der Waals surface area contributed by atoms with Crippen LogP contribution in [-0.4, -0.2) is 44.2 Å². The number of ether oxygens (including phenoxy) is 1. The molecule has 0 saturated carbocycles. The van der Waals surface area contributed by atoms with Crippen LogP contribution in [0.5, 0.6) is 5.75 Å². The van der Waals surface area contributed by atoms with Gasteiger partial charge in [0.1, 0.15) is 5.75 Å². The minimum absolute atomic E-state index is 0.182. The van der Waals surface area contributed by atoms with E-state index >= 15 is 0 Å². The minimum Gasteiger partial charge on any atom is -0.494 e. The molecule has 1 aromatic carbocycles. The summed E-state index contributed by atoms with van der Waals surface area (Å²) < 4.78 is 5.90. The van der Waals surface area contributed by atoms with Gasteiger partial charge in [-0.05, 0) is 42.5 Å². The summed E-state index contributed by atoms with van der Waals surface area (Å²) in [6.45, 7) is 13.4. The monoisotopic (exact) mass is 290 g/mol. The summed E-state index contributed by atoms with van der Waals surface area (Å²) in [5, 5.41) is 3.39. The molecular formula is C18H30N2O. The summed E-state index contributed by atoms with van der Waals surface area (Å²) in [6, 6.07) is 8.51. The molecule has 2 rings (SSSR count). The average molecular weight is 290 g/mol. The Morgan fingerprint density at radius 3 is 2.62 bits per heavy atom. The molecule has 3 heteroatoms. The second-order valence-electron chi connectivity index (χ2n) is 6.93. The van der Waals surface area contributed by atoms with Crippen molar-refractivity contribution in [1.82, 2.24) is 10.2 Å². The lowest BCUT2D eigenvalue weighted by Crippen LogP contribution is -2.43. The third-order valence-corrected chi connectivity index (χ3v) is 4.05. The molecule has 0 spiro atoms. The van der Waals surface area contributed by atoms with Crippen molar-refractivity contribution in [2.75, 3.05) is 39.3 Å². The molecule has 1 aliphatic heterocycles. The van der Waals surface area contributed by atoms with E-state index in [9.17, 15) is 0 Å². The van der Waals surface area contributed by atoms with Crippen LogP contribution in [0.3, 0.4) is 0 Å². The minimum atomic E-state index is 0.182. The molecule has 118 valence electrons. The second kappa shape index (κ2) is 7.81. The van der Waals surface area contributed by atoms with Gasteiger partial charge in [-0.2, -0.15) is 0 Å². The molecule has 21 heavy (non-hydrogen) atoms. The van der Waals surface area contributed by atoms with Crippen molar-refractivity contribution in [3.63, 3.8) is 0 Å². The van der Waals surface area contributed by atoms with E-state index in [-0.39, 0.29) is 5.41 Å². The highest BCUT2D eigenvalue weighted by Gasteiger charge is 2.13. The first-order chi connectivity index (χ1) is 10.1. The maximum absolute atomic E-state index is 5.90. The summed E-state index contributed by atoms with van der Waals surface area (Å²) in [5.74, 6) is 1.00. The summed E-state index contributed by atoms with van der Waals surface area (Å²) in [5.41, 5.74) is 1.52. The SMILES string of the molecule is CC(C)(C)c1cccc(OCCCCN2CCNCC2)c1. The first-order valence-electron chi connectivity index (χ1n) is 8.22. The third-order valence-electron chi connectivity index (χ3n) is 4.05. The van der Waals surface area contributed by atoms with Crippen LogP contribution in [0.25, 0.3) is 0 Å². The highest BCUT2D eigenvalue weighted by molar-refractivity contribution is 5.32. The zero-order valence-electron chi connectivity index (χ0n) is 13.8. The average Bonchev–Trinajstić information content (AvgIpc) is 2.47. The largest absolute Gasteiger partial charge is 0.494 e. The van der Waals surface area contributed by atoms with Gasteiger partial charge in [-0.1, -0.05) is 32.9 Å². The molecule has 1 N–H and O–H groups in total. The zero-order valence-corrected chi connectivity index (χ0v) is 13.8. The van der Waals surface area contributed by atoms with Crippen LogP contribution in [0.15, 0.2) is 24.3 Å². The van der Waals surface area contributed by atoms with Crippen LogP contribution in [-0.2, 0) is 5.41 Å². The van der Waals surface area contributed by atoms with Crippen molar-refractivity contribution in [2.45, 2.75) is 39.0 Å². The molecule has 3 nitrogen and oxygen atoms in total. The van der Waals surface area contributed by atoms with Gasteiger partial charge in [-0.3, -0.25) is 0 Å². The van der Waals surface area contributed by atoms with Crippen molar-refractivity contribution in [3.05, 3.63) is 29.8 Å². The molecule has 0 unspecified atom stereocenters. The van der Waals surface area contributed by atoms with Crippen molar-refractivity contribution in [2.24, 2.45) is 0 Å². The molecule has 0 radical (unpaired) electrons. The summed E-state index contributed by atoms with van der Waals surface area (Å²) in [7, 11) is 0. The van der Waals surface area contributed by atoms with Gasteiger partial charge in [0.05, 0.1) is 6.61 Å². The van der Waals surface area contributed by atoms with Gasteiger partial charge < -0.3 is 15.0 Å². The smallest absolute Gasteiger partial charge is 0.119 e. The van der Waals surface area contributed by atoms with Gasteiger partial charge in [-0.25, -0.2) is 0 Å². The Morgan fingerprint density at radius 1 is 1.14 bits per heavy atom. The maximum Gasteiger partial charge on any atom is 0.119 e. The topological polar surface area (TPSA) is 24.5 Å². The lowest BCUT2D eigenvalue weighted by Gasteiger charge is -2.27. The number of piperazine rings is 1. The number of benzene rings is 1. The van der Waals surface area contributed by atoms with Crippen LogP contribution in [0, 0.1) is 0 Å². The van der Waals surface area contributed by atoms with Gasteiger partial charge in [0, 0.05) is 26.2 Å². The molecule has 1 aliphatic rings. The van der Waals surface area contributed by atoms with Crippen LogP contribution in [0.1, 0.15) is 39.2 Å². The van der Waals surface area contributed by atoms with Crippen LogP contribution in [0.4, 0.5) is 0 Å². The molecule has 1 fully saturated rings. The summed E-state index contributed by atoms with van der Waals surface area (Å²) in [6.07, 6.45) is 2.35. The third kappa shape index (κ3) is 5.68. The fourth-order valence-corrected chi connectivity index (χ4v) is 2.61. The van der Waals surface area contributed by atoms with Gasteiger partial charge >= 0.3 is 0 Å². The van der Waals surface area contributed by atoms with E-state index in [4.69, 9.17) is 4.74 Å². The highest BCUT2D eigenvalue weighted by Crippen LogP contribution is 2.25. The van der Waals surface area contributed by atoms with Gasteiger partial charge in [0.25, 0.3) is 0 Å². The molecule has 0 atom stereocenters. The first kappa shape index (κ1) is 16.3. The van der Waals surface area contributed by atoms with E-state index in [1.54, 1.807) is 0 Å². The standard InChI is InChI=1S/C18H30N2O/c1-18(2,3)16-7-6-8-17(15-16)21-14-5-4-11-20-12-9-19-10-13-20/h6-8,15,19H,4-5,9-14H2,1-3H3. The van der Waals surface area contributed by atoms with Crippen LogP contribution in [0.2, 0.25) is 0 Å². The number of nitrogens with zero attached hydrogens (tertiary/aromatic N) is 1. The van der Waals surface area contributed by atoms with Gasteiger partial charge in [-0.15, -0.1) is 0 Å². The lowest BCUT2D eigenvalue weighted by atomic mass is 9.87. The van der Waals surface area contributed by atoms with E-state index in [1.807, 2.05) is 0 Å². The Labute approximate surface area is 129 Å². The Bertz CT molecular complexity index is 419. The van der Waals surface area contributed by atoms with Gasteiger partial charge in [0.2, 0.25) is 0 Å². The number of hydrogen-bond acceptors (Lipinski definition) is 3. The number of hydrogen-bond donors (Lipinski definition) is 1. The summed E-state index contributed by atoms with van der Waals surface area (Å²) in [4.78, 5) is 2.54. The summed E-state index contributed by atoms with van der Waals surface area (Å²) >= 11 is 0. The normalized spacial score (nSPS) is 16.9. The van der Waals surface area contributed by atoms with E-state index in [1.165, 1.54) is 31.6 Å². The van der Waals surface area contributed by atoms with Crippen molar-refractivity contribution in [3.8, 4) is 5.75 Å². The molecule has 1 aromatic rings. The second-order valence-corrected chi connectivity index (χ2v) is 6.93. The molecule has 0 amide bonds. The fraction of sp³-hybridized carbons (Fsp3) is 0.667. The van der Waals surface area contributed by atoms with E-state index < -0.39 is 0 Å². The number of rotatable bonds is 6. The van der Waals surface area contributed by atoms with Crippen molar-refractivity contribution in [1.29, 1.82) is 0 Å². The number of unbranched alkanes of at least 4 members (excludes halogenated alkanes) is 1. The Morgan fingerprint density at radius 2 is 1.90 bits per heavy atom. The molecule has 0 aromatic heterocycles. The van der Waals surface area contributed by atoms with Gasteiger partial charge in [0.15, 0.2) is 0 Å². The molecule has 0 aliphatic carbocycles. The number of nitrogens with one attached hydrogen (secondary N) is 1. The van der Waals surface area contributed by atoms with E-state index in [2.05, 4.69) is 55.3 Å². The highest BCUT2D eigenvalue weighted by atomic mass is 16.5. The predicted molar refractivity (Wildman–Crippen MR) is 89.2 cm³/mol. The van der Waals surface area contributed by atoms with E-state index in [0.717, 1.165) is 31.9 Å². The molecule has 1 heterocycles. The molecular weight excluding hydrogens is 260 g/mol. The first-order valence-corrected chi connectivity index (χ1v) is 8.22. The predicted octanol–water partition coefficient (Wildman–Crippen LogP) is 3.05. The fourth-order valence-electron chi connectivity index (χ4n) is 2.61. The van der Waals surface area contributed by atoms with Crippen molar-refractivity contribution >= 4 is 0 Å². The Hall–Kier alpha value is -1.06. The Kier molecular flexibility index (Phi) is 6.07. The van der Waals surface area contributed by atoms with Crippen molar-refractivity contribution < 1.29 is 4.74 Å². The maximum atomic E-state index is 5.90. The zero-order chi connectivity index (χ0) is 15.1. The quantitative estimate of drug-likeness (QED) is 0.815.